The number of nitrogens with one attached hydrogen (secondary N) is 1. The fourth-order valence-electron chi connectivity index (χ4n) is 4.81. The molecule has 1 aliphatic heterocycles. The van der Waals surface area contributed by atoms with Gasteiger partial charge in [0.25, 0.3) is 0 Å². The maximum Gasteiger partial charge on any atom is 0.333 e. The highest BCUT2D eigenvalue weighted by Gasteiger charge is 2.29. The van der Waals surface area contributed by atoms with Crippen LogP contribution in [-0.2, 0) is 25.6 Å². The number of ketones is 1. The highest BCUT2D eigenvalue weighted by atomic mass is 32.2. The fourth-order valence-corrected chi connectivity index (χ4v) is 6.07. The van der Waals surface area contributed by atoms with Crippen molar-refractivity contribution in [2.24, 2.45) is 11.1 Å². The minimum atomic E-state index is -3.99. The number of anilines is 1. The molecule has 5 rings (SSSR count). The second-order valence-corrected chi connectivity index (χ2v) is 11.3. The topological polar surface area (TPSA) is 134 Å². The van der Waals surface area contributed by atoms with Crippen LogP contribution in [0.2, 0.25) is 0 Å². The number of carbonyl (C=O) groups is 1. The number of benzene rings is 1. The van der Waals surface area contributed by atoms with Crippen molar-refractivity contribution in [3.63, 3.8) is 0 Å². The lowest BCUT2D eigenvalue weighted by atomic mass is 9.93. The van der Waals surface area contributed by atoms with Gasteiger partial charge in [-0.15, -0.1) is 11.3 Å². The lowest BCUT2D eigenvalue weighted by Gasteiger charge is -2.25. The first kappa shape index (κ1) is 25.8. The van der Waals surface area contributed by atoms with Crippen molar-refractivity contribution in [2.75, 3.05) is 18.5 Å². The molecule has 0 saturated heterocycles. The van der Waals surface area contributed by atoms with Crippen LogP contribution in [0.1, 0.15) is 57.3 Å². The highest BCUT2D eigenvalue weighted by Crippen LogP contribution is 2.37. The van der Waals surface area contributed by atoms with Crippen LogP contribution in [0.15, 0.2) is 36.1 Å². The largest absolute Gasteiger partial charge is 0.368 e. The zero-order valence-corrected chi connectivity index (χ0v) is 21.2. The summed E-state index contributed by atoms with van der Waals surface area (Å²) in [7, 11) is -3.99. The Morgan fingerprint density at radius 1 is 1.24 bits per heavy atom. The number of thiophene rings is 1. The standard InChI is InChI=1S/C24H24F2N4O5S2/c25-19-6-14-3-4-34-23(17(14)8-20(19)26)15-7-21(36-11-15)22(31)18-9-28-12-29-24(18)30-16-2-1-13(5-16)10-35-37(27,32)33/h6-9,11-13,16,23H,1-5,10H2,(H2,27,32,33)(H,28,29,30)/t13-,16+,23?/m1/s1. The summed E-state index contributed by atoms with van der Waals surface area (Å²) < 4.78 is 60.3. The lowest BCUT2D eigenvalue weighted by molar-refractivity contribution is 0.0695. The molecule has 3 N–H and O–H groups in total. The van der Waals surface area contributed by atoms with E-state index < -0.39 is 28.0 Å². The van der Waals surface area contributed by atoms with E-state index in [9.17, 15) is 22.0 Å². The van der Waals surface area contributed by atoms with Crippen molar-refractivity contribution in [3.8, 4) is 0 Å². The number of aromatic nitrogens is 2. The minimum Gasteiger partial charge on any atom is -0.368 e. The normalized spacial score (nSPS) is 21.5. The summed E-state index contributed by atoms with van der Waals surface area (Å²) in [6.45, 7) is 0.362. The molecule has 9 nitrogen and oxygen atoms in total. The number of rotatable bonds is 8. The molecular weight excluding hydrogens is 526 g/mol. The summed E-state index contributed by atoms with van der Waals surface area (Å²) >= 11 is 1.22. The van der Waals surface area contributed by atoms with Crippen molar-refractivity contribution >= 4 is 33.2 Å². The van der Waals surface area contributed by atoms with E-state index in [0.29, 0.717) is 52.4 Å². The minimum absolute atomic E-state index is 0.00739. The zero-order chi connectivity index (χ0) is 26.2. The highest BCUT2D eigenvalue weighted by molar-refractivity contribution is 7.84. The van der Waals surface area contributed by atoms with Crippen molar-refractivity contribution in [1.82, 2.24) is 9.97 Å². The number of hydrogen-bond acceptors (Lipinski definition) is 9. The summed E-state index contributed by atoms with van der Waals surface area (Å²) in [4.78, 5) is 22.1. The molecule has 1 aliphatic carbocycles. The number of hydrogen-bond donors (Lipinski definition) is 2. The smallest absolute Gasteiger partial charge is 0.333 e. The third kappa shape index (κ3) is 5.85. The van der Waals surface area contributed by atoms with Gasteiger partial charge in [-0.25, -0.2) is 23.9 Å². The van der Waals surface area contributed by atoms with E-state index in [1.807, 2.05) is 0 Å². The third-order valence-corrected chi connectivity index (χ3v) is 7.99. The average Bonchev–Trinajstić information content (AvgIpc) is 3.53. The monoisotopic (exact) mass is 550 g/mol. The number of ether oxygens (including phenoxy) is 1. The van der Waals surface area contributed by atoms with Gasteiger partial charge in [0.2, 0.25) is 5.78 Å². The van der Waals surface area contributed by atoms with Gasteiger partial charge in [0.05, 0.1) is 23.7 Å². The number of halogens is 2. The second-order valence-electron chi connectivity index (χ2n) is 9.12. The van der Waals surface area contributed by atoms with Crippen molar-refractivity contribution in [2.45, 2.75) is 37.8 Å². The number of carbonyl (C=O) groups excluding carboxylic acids is 1. The first-order valence-corrected chi connectivity index (χ1v) is 14.0. The van der Waals surface area contributed by atoms with E-state index >= 15 is 0 Å². The van der Waals surface area contributed by atoms with Gasteiger partial charge in [-0.3, -0.25) is 8.98 Å². The molecule has 0 radical (unpaired) electrons. The summed E-state index contributed by atoms with van der Waals surface area (Å²) in [5, 5.41) is 9.96. The van der Waals surface area contributed by atoms with Crippen LogP contribution < -0.4 is 10.5 Å². The van der Waals surface area contributed by atoms with Crippen LogP contribution in [0, 0.1) is 17.6 Å². The zero-order valence-electron chi connectivity index (χ0n) is 19.5. The molecule has 0 spiro atoms. The molecule has 13 heteroatoms. The summed E-state index contributed by atoms with van der Waals surface area (Å²) in [6, 6.07) is 4.02. The average molecular weight is 551 g/mol. The Hall–Kier alpha value is -2.84. The Morgan fingerprint density at radius 3 is 2.86 bits per heavy atom. The van der Waals surface area contributed by atoms with Crippen LogP contribution in [0.25, 0.3) is 0 Å². The summed E-state index contributed by atoms with van der Waals surface area (Å²) in [5.41, 5.74) is 2.20. The number of fused-ring (bicyclic) bond motifs is 1. The maximum absolute atomic E-state index is 13.9. The molecule has 1 aromatic carbocycles. The van der Waals surface area contributed by atoms with Gasteiger partial charge < -0.3 is 10.1 Å². The molecule has 37 heavy (non-hydrogen) atoms. The molecule has 1 saturated carbocycles. The van der Waals surface area contributed by atoms with Crippen LogP contribution in [0.5, 0.6) is 0 Å². The SMILES string of the molecule is NS(=O)(=O)OC[C@@H]1CC[C@H](Nc2ncncc2C(=O)c2cc(C3OCCc4cc(F)c(F)cc43)cs2)C1. The van der Waals surface area contributed by atoms with Gasteiger partial charge in [0, 0.05) is 12.2 Å². The quantitative estimate of drug-likeness (QED) is 0.407. The second kappa shape index (κ2) is 10.5. The van der Waals surface area contributed by atoms with Crippen molar-refractivity contribution < 1.29 is 30.9 Å². The number of nitrogens with zero attached hydrogens (tertiary/aromatic N) is 2. The fraction of sp³-hybridized carbons (Fsp3) is 0.375. The third-order valence-electron chi connectivity index (χ3n) is 6.57. The molecule has 1 unspecified atom stereocenters. The molecule has 3 atom stereocenters. The molecular formula is C24H24F2N4O5S2. The van der Waals surface area contributed by atoms with Crippen molar-refractivity contribution in [1.29, 1.82) is 0 Å². The van der Waals surface area contributed by atoms with Gasteiger partial charge >= 0.3 is 10.3 Å². The molecule has 2 aliphatic rings. The van der Waals surface area contributed by atoms with Gasteiger partial charge in [0.1, 0.15) is 18.2 Å². The van der Waals surface area contributed by atoms with E-state index in [4.69, 9.17) is 14.1 Å². The molecule has 3 aromatic rings. The summed E-state index contributed by atoms with van der Waals surface area (Å²) in [5.74, 6) is -1.73. The van der Waals surface area contributed by atoms with Crippen LogP contribution in [0.4, 0.5) is 14.6 Å². The molecule has 1 fully saturated rings. The van der Waals surface area contributed by atoms with Gasteiger partial charge in [-0.05, 0) is 71.9 Å². The molecule has 0 bridgehead atoms. The van der Waals surface area contributed by atoms with E-state index in [1.54, 1.807) is 11.4 Å². The van der Waals surface area contributed by atoms with Gasteiger partial charge in [-0.2, -0.15) is 8.42 Å². The Morgan fingerprint density at radius 2 is 2.05 bits per heavy atom. The van der Waals surface area contributed by atoms with Crippen LogP contribution in [0.3, 0.4) is 0 Å². The molecule has 2 aromatic heterocycles. The predicted octanol–water partition coefficient (Wildman–Crippen LogP) is 3.51. The Balaban J connectivity index is 1.31. The molecule has 3 heterocycles. The van der Waals surface area contributed by atoms with Crippen LogP contribution in [-0.4, -0.2) is 43.4 Å². The Bertz CT molecular complexity index is 1430. The Kier molecular flexibility index (Phi) is 7.32. The molecule has 0 amide bonds. The number of nitrogens with two attached hydrogens (primary N) is 1. The van der Waals surface area contributed by atoms with Crippen LogP contribution >= 0.6 is 11.3 Å². The van der Waals surface area contributed by atoms with E-state index in [-0.39, 0.29) is 24.3 Å². The van der Waals surface area contributed by atoms with E-state index in [1.165, 1.54) is 29.9 Å². The van der Waals surface area contributed by atoms with Gasteiger partial charge in [-0.1, -0.05) is 0 Å². The summed E-state index contributed by atoms with van der Waals surface area (Å²) in [6.07, 6.45) is 4.78. The van der Waals surface area contributed by atoms with Gasteiger partial charge in [0.15, 0.2) is 11.6 Å². The van der Waals surface area contributed by atoms with Crippen molar-refractivity contribution in [3.05, 3.63) is 74.9 Å². The predicted molar refractivity (Wildman–Crippen MR) is 131 cm³/mol. The van der Waals surface area contributed by atoms with E-state index in [0.717, 1.165) is 18.9 Å². The first-order chi connectivity index (χ1) is 17.7. The van der Waals surface area contributed by atoms with E-state index in [2.05, 4.69) is 15.3 Å². The molecule has 196 valence electrons. The maximum atomic E-state index is 13.9. The lowest BCUT2D eigenvalue weighted by Crippen LogP contribution is -2.22. The first-order valence-electron chi connectivity index (χ1n) is 11.6. The Labute approximate surface area is 216 Å².